The summed E-state index contributed by atoms with van der Waals surface area (Å²) in [5.41, 5.74) is 4.13. The van der Waals surface area contributed by atoms with Crippen LogP contribution in [-0.2, 0) is 7.05 Å². The van der Waals surface area contributed by atoms with Gasteiger partial charge in [0.1, 0.15) is 8.07 Å². The van der Waals surface area contributed by atoms with Crippen molar-refractivity contribution in [3.8, 4) is 11.3 Å². The summed E-state index contributed by atoms with van der Waals surface area (Å²) in [5.74, 6) is 0. The Hall–Kier alpha value is -2.10. The molecule has 0 saturated carbocycles. The fraction of sp³-hybridized carbons (Fsp3) is 0.0909. The van der Waals surface area contributed by atoms with Crippen molar-refractivity contribution in [2.75, 3.05) is 0 Å². The summed E-state index contributed by atoms with van der Waals surface area (Å²) in [4.78, 5) is 0. The molecule has 1 aliphatic rings. The summed E-state index contributed by atoms with van der Waals surface area (Å²) in [7, 11) is 0.193. The van der Waals surface area contributed by atoms with Crippen molar-refractivity contribution in [3.63, 3.8) is 0 Å². The van der Waals surface area contributed by atoms with Crippen molar-refractivity contribution >= 4 is 50.5 Å². The van der Waals surface area contributed by atoms with Crippen LogP contribution in [0.2, 0.25) is 6.55 Å². The van der Waals surface area contributed by atoms with E-state index in [1.165, 1.54) is 32.5 Å². The van der Waals surface area contributed by atoms with Crippen LogP contribution in [0.4, 0.5) is 0 Å². The number of rotatable bonds is 1. The highest BCUT2D eigenvalue weighted by atomic mass is 79.9. The molecule has 25 heavy (non-hydrogen) atoms. The Morgan fingerprint density at radius 3 is 2.40 bits per heavy atom. The molecule has 5 rings (SSSR count). The molecule has 1 atom stereocenters. The van der Waals surface area contributed by atoms with Gasteiger partial charge in [0.2, 0.25) is 0 Å². The molecule has 3 aromatic carbocycles. The molecule has 0 radical (unpaired) electrons. The van der Waals surface area contributed by atoms with E-state index in [2.05, 4.69) is 107 Å². The predicted molar refractivity (Wildman–Crippen MR) is 113 cm³/mol. The van der Waals surface area contributed by atoms with E-state index in [0.717, 1.165) is 4.47 Å². The number of aryl methyl sites for hydroxylation is 1. The molecule has 4 aromatic rings. The first-order chi connectivity index (χ1) is 12.1. The molecule has 0 amide bonds. The van der Waals surface area contributed by atoms with Gasteiger partial charge in [-0.1, -0.05) is 77.1 Å². The van der Waals surface area contributed by atoms with Crippen LogP contribution in [0.1, 0.15) is 0 Å². The molecular weight excluding hydrogens is 386 g/mol. The lowest BCUT2D eigenvalue weighted by atomic mass is 10.1. The van der Waals surface area contributed by atoms with Gasteiger partial charge >= 0.3 is 0 Å². The average molecular weight is 404 g/mol. The summed E-state index contributed by atoms with van der Waals surface area (Å²) in [6.07, 6.45) is 0. The average Bonchev–Trinajstić information content (AvgIpc) is 3.09. The molecule has 1 aromatic heterocycles. The van der Waals surface area contributed by atoms with Crippen LogP contribution in [-0.4, -0.2) is 12.6 Å². The van der Waals surface area contributed by atoms with Gasteiger partial charge in [0.25, 0.3) is 0 Å². The standard InChI is InChI=1S/C22H18BrNSi/c1-24-19-13-12-15(23)14-18(19)22-21(24)17-10-6-7-11-20(17)25(22,2)16-8-4-3-5-9-16/h3-14H,1-2H3. The Morgan fingerprint density at radius 2 is 1.60 bits per heavy atom. The molecule has 0 bridgehead atoms. The fourth-order valence-corrected chi connectivity index (χ4v) is 9.34. The van der Waals surface area contributed by atoms with Crippen LogP contribution in [0, 0.1) is 0 Å². The van der Waals surface area contributed by atoms with Crippen LogP contribution in [0.15, 0.2) is 77.3 Å². The Labute approximate surface area is 157 Å². The topological polar surface area (TPSA) is 4.93 Å². The molecule has 0 aliphatic carbocycles. The Balaban J connectivity index is 2.00. The van der Waals surface area contributed by atoms with Gasteiger partial charge in [-0.05, 0) is 39.3 Å². The zero-order chi connectivity index (χ0) is 17.2. The Bertz CT molecular complexity index is 1130. The first-order valence-electron chi connectivity index (χ1n) is 8.56. The first-order valence-corrected chi connectivity index (χ1v) is 11.9. The van der Waals surface area contributed by atoms with E-state index >= 15 is 0 Å². The van der Waals surface area contributed by atoms with Crippen LogP contribution >= 0.6 is 15.9 Å². The highest BCUT2D eigenvalue weighted by Crippen LogP contribution is 2.34. The number of halogens is 1. The second-order valence-electron chi connectivity index (χ2n) is 6.98. The number of nitrogens with zero attached hydrogens (tertiary/aromatic N) is 1. The maximum absolute atomic E-state index is 3.69. The molecule has 0 fully saturated rings. The zero-order valence-electron chi connectivity index (χ0n) is 14.3. The van der Waals surface area contributed by atoms with Crippen molar-refractivity contribution in [2.24, 2.45) is 7.05 Å². The summed E-state index contributed by atoms with van der Waals surface area (Å²) in [6.45, 7) is 2.51. The van der Waals surface area contributed by atoms with Crippen molar-refractivity contribution < 1.29 is 0 Å². The first kappa shape index (κ1) is 15.2. The van der Waals surface area contributed by atoms with Crippen LogP contribution in [0.3, 0.4) is 0 Å². The molecular formula is C22H18BrNSi. The second kappa shape index (κ2) is 5.20. The minimum Gasteiger partial charge on any atom is -0.344 e. The van der Waals surface area contributed by atoms with Gasteiger partial charge in [-0.25, -0.2) is 0 Å². The summed E-state index contributed by atoms with van der Waals surface area (Å²) in [5, 5.41) is 5.96. The molecule has 1 nitrogen and oxygen atoms in total. The van der Waals surface area contributed by atoms with Gasteiger partial charge in [-0.3, -0.25) is 0 Å². The molecule has 1 unspecified atom stereocenters. The smallest absolute Gasteiger partial charge is 0.149 e. The van der Waals surface area contributed by atoms with Crippen molar-refractivity contribution in [2.45, 2.75) is 6.55 Å². The number of fused-ring (bicyclic) bond motifs is 5. The monoisotopic (exact) mass is 403 g/mol. The minimum atomic E-state index is -2.01. The fourth-order valence-electron chi connectivity index (χ4n) is 4.57. The molecule has 3 heteroatoms. The van der Waals surface area contributed by atoms with Gasteiger partial charge in [-0.15, -0.1) is 0 Å². The van der Waals surface area contributed by atoms with Crippen LogP contribution < -0.4 is 15.6 Å². The summed E-state index contributed by atoms with van der Waals surface area (Å²) < 4.78 is 3.53. The van der Waals surface area contributed by atoms with Crippen LogP contribution in [0.25, 0.3) is 22.2 Å². The van der Waals surface area contributed by atoms with E-state index in [1.54, 1.807) is 5.19 Å². The lowest BCUT2D eigenvalue weighted by molar-refractivity contribution is 0.982. The lowest BCUT2D eigenvalue weighted by Gasteiger charge is -2.25. The van der Waals surface area contributed by atoms with Gasteiger partial charge < -0.3 is 4.57 Å². The number of hydrogen-bond donors (Lipinski definition) is 0. The van der Waals surface area contributed by atoms with E-state index in [9.17, 15) is 0 Å². The maximum Gasteiger partial charge on any atom is 0.149 e. The van der Waals surface area contributed by atoms with Crippen molar-refractivity contribution in [1.82, 2.24) is 4.57 Å². The highest BCUT2D eigenvalue weighted by molar-refractivity contribution is 9.10. The third kappa shape index (κ3) is 1.88. The van der Waals surface area contributed by atoms with E-state index in [0.29, 0.717) is 0 Å². The third-order valence-corrected chi connectivity index (χ3v) is 10.7. The molecule has 1 aliphatic heterocycles. The number of aromatic nitrogens is 1. The third-order valence-electron chi connectivity index (χ3n) is 5.73. The Morgan fingerprint density at radius 1 is 0.880 bits per heavy atom. The highest BCUT2D eigenvalue weighted by Gasteiger charge is 2.46. The summed E-state index contributed by atoms with van der Waals surface area (Å²) in [6, 6.07) is 26.8. The second-order valence-corrected chi connectivity index (χ2v) is 11.8. The normalized spacial score (nSPS) is 18.4. The number of benzene rings is 3. The van der Waals surface area contributed by atoms with Crippen LogP contribution in [0.5, 0.6) is 0 Å². The van der Waals surface area contributed by atoms with E-state index in [1.807, 2.05) is 0 Å². The van der Waals surface area contributed by atoms with E-state index in [4.69, 9.17) is 0 Å². The molecule has 122 valence electrons. The van der Waals surface area contributed by atoms with Crippen molar-refractivity contribution in [3.05, 3.63) is 77.3 Å². The van der Waals surface area contributed by atoms with Gasteiger partial charge in [-0.2, -0.15) is 0 Å². The summed E-state index contributed by atoms with van der Waals surface area (Å²) >= 11 is 3.69. The van der Waals surface area contributed by atoms with E-state index < -0.39 is 8.07 Å². The molecule has 2 heterocycles. The van der Waals surface area contributed by atoms with Gasteiger partial charge in [0.05, 0.1) is 0 Å². The zero-order valence-corrected chi connectivity index (χ0v) is 16.8. The molecule has 0 saturated heterocycles. The molecule has 0 spiro atoms. The van der Waals surface area contributed by atoms with Gasteiger partial charge in [0.15, 0.2) is 0 Å². The van der Waals surface area contributed by atoms with Crippen molar-refractivity contribution in [1.29, 1.82) is 0 Å². The minimum absolute atomic E-state index is 1.15. The largest absolute Gasteiger partial charge is 0.344 e. The molecule has 0 N–H and O–H groups in total. The van der Waals surface area contributed by atoms with Gasteiger partial charge in [0, 0.05) is 28.1 Å². The maximum atomic E-state index is 3.69. The number of hydrogen-bond acceptors (Lipinski definition) is 0. The lowest BCUT2D eigenvalue weighted by Crippen LogP contribution is -2.62. The van der Waals surface area contributed by atoms with E-state index in [-0.39, 0.29) is 0 Å². The quantitative estimate of drug-likeness (QED) is 0.423. The predicted octanol–water partition coefficient (Wildman–Crippen LogP) is 4.02. The Kier molecular flexibility index (Phi) is 3.15. The SMILES string of the molecule is Cn1c2c(c3cc(Br)ccc31)[Si](C)(c1ccccc1)c1ccccc1-2.